The predicted molar refractivity (Wildman–Crippen MR) is 171 cm³/mol. The molecule has 2 atom stereocenters. The molecule has 46 heavy (non-hydrogen) atoms. The summed E-state index contributed by atoms with van der Waals surface area (Å²) < 4.78 is 20.2. The highest BCUT2D eigenvalue weighted by atomic mass is 32.1. The summed E-state index contributed by atoms with van der Waals surface area (Å²) >= 11 is 1.27. The van der Waals surface area contributed by atoms with Crippen molar-refractivity contribution in [3.05, 3.63) is 87.6 Å². The minimum absolute atomic E-state index is 0.00505. The Bertz CT molecular complexity index is 1450. The number of carboxylic acids is 3. The minimum atomic E-state index is -2.74. The first-order valence-electron chi connectivity index (χ1n) is 15.1. The van der Waals surface area contributed by atoms with E-state index < -0.39 is 36.4 Å². The number of aryl methyl sites for hydroxylation is 2. The maximum Gasteiger partial charge on any atom is 0.336 e. The van der Waals surface area contributed by atoms with Gasteiger partial charge in [-0.3, -0.25) is 19.5 Å². The van der Waals surface area contributed by atoms with Gasteiger partial charge in [0.2, 0.25) is 0 Å². The van der Waals surface area contributed by atoms with Crippen molar-refractivity contribution in [2.75, 3.05) is 19.7 Å². The van der Waals surface area contributed by atoms with Crippen LogP contribution in [-0.2, 0) is 31.1 Å². The number of nitrogens with zero attached hydrogens (tertiary/aromatic N) is 2. The van der Waals surface area contributed by atoms with Gasteiger partial charge in [0, 0.05) is 40.9 Å². The molecule has 4 N–H and O–H groups in total. The lowest BCUT2D eigenvalue weighted by molar-refractivity contribution is -0.170. The summed E-state index contributed by atoms with van der Waals surface area (Å²) in [5.74, 6) is -5.02. The van der Waals surface area contributed by atoms with Gasteiger partial charge in [-0.1, -0.05) is 36.4 Å². The summed E-state index contributed by atoms with van der Waals surface area (Å²) in [7, 11) is 0. The largest absolute Gasteiger partial charge is 0.481 e. The second kappa shape index (κ2) is 15.7. The van der Waals surface area contributed by atoms with Crippen LogP contribution in [-0.4, -0.2) is 73.5 Å². The first-order valence-corrected chi connectivity index (χ1v) is 15.9. The zero-order valence-electron chi connectivity index (χ0n) is 26.6. The molecule has 1 aliphatic heterocycles. The van der Waals surface area contributed by atoms with Crippen LogP contribution in [0.2, 0.25) is 0 Å². The SMILES string of the molecule is CCO[C@H](c1ccccc1)[C@]1(CCc2ccc(F)s2)CCN(C(C)(C)c2ccc(C)nc2)C1.O=C(O)CC(O)(CC(=O)O)C(=O)O. The van der Waals surface area contributed by atoms with E-state index in [9.17, 15) is 18.8 Å². The molecule has 0 radical (unpaired) electrons. The Morgan fingerprint density at radius 1 is 1.04 bits per heavy atom. The van der Waals surface area contributed by atoms with Crippen LogP contribution in [0.25, 0.3) is 0 Å². The Morgan fingerprint density at radius 2 is 1.70 bits per heavy atom. The van der Waals surface area contributed by atoms with Crippen molar-refractivity contribution in [3.8, 4) is 0 Å². The molecule has 12 heteroatoms. The molecule has 3 aromatic rings. The summed E-state index contributed by atoms with van der Waals surface area (Å²) in [6.07, 6.45) is 2.61. The Balaban J connectivity index is 0.000000376. The van der Waals surface area contributed by atoms with Gasteiger partial charge in [0.25, 0.3) is 0 Å². The van der Waals surface area contributed by atoms with Gasteiger partial charge >= 0.3 is 17.9 Å². The molecule has 250 valence electrons. The Kier molecular flexibility index (Phi) is 12.6. The van der Waals surface area contributed by atoms with E-state index in [1.807, 2.05) is 19.2 Å². The van der Waals surface area contributed by atoms with Crippen LogP contribution >= 0.6 is 11.3 Å². The number of likely N-dealkylation sites (tertiary alicyclic amines) is 1. The number of thiophene rings is 1. The average molecular weight is 659 g/mol. The van der Waals surface area contributed by atoms with Gasteiger partial charge < -0.3 is 25.2 Å². The Hall–Kier alpha value is -3.71. The molecule has 1 aliphatic rings. The molecule has 3 heterocycles. The van der Waals surface area contributed by atoms with Crippen LogP contribution in [0, 0.1) is 17.5 Å². The Morgan fingerprint density at radius 3 is 2.20 bits per heavy atom. The normalized spacial score (nSPS) is 17.6. The molecule has 0 spiro atoms. The molecule has 1 aromatic carbocycles. The van der Waals surface area contributed by atoms with Crippen molar-refractivity contribution in [2.24, 2.45) is 5.41 Å². The summed E-state index contributed by atoms with van der Waals surface area (Å²) in [6, 6.07) is 18.4. The third kappa shape index (κ3) is 9.41. The van der Waals surface area contributed by atoms with Crippen LogP contribution in [0.4, 0.5) is 4.39 Å². The molecule has 4 rings (SSSR count). The zero-order chi connectivity index (χ0) is 34.1. The molecular formula is C34H43FN2O8S. The third-order valence-electron chi connectivity index (χ3n) is 8.57. The van der Waals surface area contributed by atoms with Gasteiger partial charge in [-0.25, -0.2) is 4.79 Å². The van der Waals surface area contributed by atoms with E-state index in [2.05, 4.69) is 73.1 Å². The first-order chi connectivity index (χ1) is 21.6. The lowest BCUT2D eigenvalue weighted by Crippen LogP contribution is -2.43. The van der Waals surface area contributed by atoms with E-state index in [0.29, 0.717) is 6.61 Å². The molecule has 2 aromatic heterocycles. The molecule has 10 nitrogen and oxygen atoms in total. The van der Waals surface area contributed by atoms with Gasteiger partial charge in [-0.05, 0) is 82.8 Å². The summed E-state index contributed by atoms with van der Waals surface area (Å²) in [4.78, 5) is 38.7. The fourth-order valence-electron chi connectivity index (χ4n) is 5.93. The van der Waals surface area contributed by atoms with Crippen molar-refractivity contribution in [1.29, 1.82) is 0 Å². The topological polar surface area (TPSA) is 157 Å². The highest BCUT2D eigenvalue weighted by Crippen LogP contribution is 2.50. The van der Waals surface area contributed by atoms with E-state index in [4.69, 9.17) is 25.2 Å². The fraction of sp³-hybridized carbons (Fsp3) is 0.471. The lowest BCUT2D eigenvalue weighted by atomic mass is 9.74. The molecular weight excluding hydrogens is 615 g/mol. The van der Waals surface area contributed by atoms with Crippen LogP contribution in [0.1, 0.15) is 74.3 Å². The van der Waals surface area contributed by atoms with Crippen molar-refractivity contribution in [2.45, 2.75) is 77.0 Å². The molecule has 0 bridgehead atoms. The monoisotopic (exact) mass is 658 g/mol. The van der Waals surface area contributed by atoms with Gasteiger partial charge in [-0.15, -0.1) is 11.3 Å². The van der Waals surface area contributed by atoms with Crippen LogP contribution in [0.5, 0.6) is 0 Å². The van der Waals surface area contributed by atoms with Gasteiger partial charge in [0.1, 0.15) is 0 Å². The third-order valence-corrected chi connectivity index (χ3v) is 9.50. The number of pyridine rings is 1. The summed E-state index contributed by atoms with van der Waals surface area (Å²) in [5.41, 5.74) is 0.579. The zero-order valence-corrected chi connectivity index (χ0v) is 27.4. The van der Waals surface area contributed by atoms with Crippen molar-refractivity contribution in [3.63, 3.8) is 0 Å². The van der Waals surface area contributed by atoms with E-state index in [1.165, 1.54) is 22.5 Å². The number of hydrogen-bond donors (Lipinski definition) is 4. The quantitative estimate of drug-likeness (QED) is 0.170. The number of ether oxygens (including phenoxy) is 1. The molecule has 0 amide bonds. The lowest BCUT2D eigenvalue weighted by Gasteiger charge is -2.41. The maximum atomic E-state index is 13.7. The van der Waals surface area contributed by atoms with Crippen molar-refractivity contribution in [1.82, 2.24) is 9.88 Å². The smallest absolute Gasteiger partial charge is 0.336 e. The van der Waals surface area contributed by atoms with Gasteiger partial charge in [0.15, 0.2) is 10.7 Å². The molecule has 0 aliphatic carbocycles. The second-order valence-corrected chi connectivity index (χ2v) is 13.3. The van der Waals surface area contributed by atoms with Crippen molar-refractivity contribution < 1.29 is 43.9 Å². The van der Waals surface area contributed by atoms with E-state index in [0.717, 1.165) is 42.9 Å². The van der Waals surface area contributed by atoms with Crippen LogP contribution in [0.15, 0.2) is 60.8 Å². The highest BCUT2D eigenvalue weighted by Gasteiger charge is 2.49. The Labute approximate surface area is 272 Å². The number of aliphatic hydroxyl groups is 1. The predicted octanol–water partition coefficient (Wildman–Crippen LogP) is 5.68. The van der Waals surface area contributed by atoms with E-state index >= 15 is 0 Å². The molecule has 0 unspecified atom stereocenters. The van der Waals surface area contributed by atoms with Gasteiger partial charge in [0.05, 0.1) is 18.9 Å². The van der Waals surface area contributed by atoms with E-state index in [-0.39, 0.29) is 22.2 Å². The number of benzene rings is 1. The molecule has 1 fully saturated rings. The van der Waals surface area contributed by atoms with Crippen LogP contribution in [0.3, 0.4) is 0 Å². The summed E-state index contributed by atoms with van der Waals surface area (Å²) in [5, 5.41) is 33.7. The van der Waals surface area contributed by atoms with Gasteiger partial charge in [-0.2, -0.15) is 4.39 Å². The number of rotatable bonds is 14. The number of carboxylic acid groups (broad SMARTS) is 3. The van der Waals surface area contributed by atoms with Crippen LogP contribution < -0.4 is 0 Å². The van der Waals surface area contributed by atoms with E-state index in [1.54, 1.807) is 6.07 Å². The van der Waals surface area contributed by atoms with Crippen molar-refractivity contribution >= 4 is 29.2 Å². The second-order valence-electron chi connectivity index (χ2n) is 12.2. The highest BCUT2D eigenvalue weighted by molar-refractivity contribution is 7.10. The number of carbonyl (C=O) groups is 3. The summed E-state index contributed by atoms with van der Waals surface area (Å²) in [6.45, 7) is 11.3. The molecule has 0 saturated carbocycles. The average Bonchev–Trinajstić information content (AvgIpc) is 3.62. The fourth-order valence-corrected chi connectivity index (χ4v) is 6.65. The number of hydrogen-bond acceptors (Lipinski definition) is 8. The number of aromatic nitrogens is 1. The molecule has 1 saturated heterocycles. The number of aliphatic carboxylic acids is 3. The maximum absolute atomic E-state index is 13.7. The first kappa shape index (κ1) is 36.8. The number of halogens is 1. The standard InChI is InChI=1S/C28H35FN2OS.C6H8O7/c1-5-32-26(22-9-7-6-8-10-22)28(16-15-24-13-14-25(29)33-24)17-18-31(20-28)27(3,4)23-12-11-21(2)30-19-23;7-3(8)1-6(13,5(11)12)2-4(9)10/h6-14,19,26H,5,15-18,20H2,1-4H3;13H,1-2H2,(H,7,8)(H,9,10)(H,11,12)/t26-,28-;/m1./s1. The minimum Gasteiger partial charge on any atom is -0.481 e.